The molecule has 1 aromatic carbocycles. The maximum absolute atomic E-state index is 12.4. The molecule has 5 nitrogen and oxygen atoms in total. The van der Waals surface area contributed by atoms with Gasteiger partial charge in [-0.25, -0.2) is 0 Å². The Morgan fingerprint density at radius 1 is 1.43 bits per heavy atom. The number of rotatable bonds is 4. The highest BCUT2D eigenvalue weighted by atomic mass is 79.9. The Labute approximate surface area is 134 Å². The SMILES string of the molecule is Cc1ccc([N+](=O)[O-])cc1C(=O)N(C)Cc1csc(Br)c1. The van der Waals surface area contributed by atoms with Crippen LogP contribution in [0, 0.1) is 17.0 Å². The second kappa shape index (κ2) is 6.36. The maximum atomic E-state index is 12.4. The van der Waals surface area contributed by atoms with Crippen LogP contribution in [0.1, 0.15) is 21.5 Å². The Balaban J connectivity index is 2.22. The highest BCUT2D eigenvalue weighted by Crippen LogP contribution is 2.23. The van der Waals surface area contributed by atoms with Crippen molar-refractivity contribution in [2.75, 3.05) is 7.05 Å². The van der Waals surface area contributed by atoms with E-state index in [1.807, 2.05) is 11.4 Å². The first-order chi connectivity index (χ1) is 9.88. The molecule has 0 unspecified atom stereocenters. The zero-order valence-electron chi connectivity index (χ0n) is 11.5. The fraction of sp³-hybridized carbons (Fsp3) is 0.214. The van der Waals surface area contributed by atoms with Crippen LogP contribution in [0.5, 0.6) is 0 Å². The van der Waals surface area contributed by atoms with Gasteiger partial charge in [0.05, 0.1) is 8.71 Å². The quantitative estimate of drug-likeness (QED) is 0.605. The predicted octanol–water partition coefficient (Wildman–Crippen LogP) is 4.00. The molecule has 0 aliphatic heterocycles. The average molecular weight is 369 g/mol. The smallest absolute Gasteiger partial charge is 0.270 e. The fourth-order valence-electron chi connectivity index (χ4n) is 1.93. The summed E-state index contributed by atoms with van der Waals surface area (Å²) in [5.74, 6) is -0.224. The molecule has 0 aliphatic rings. The molecule has 0 radical (unpaired) electrons. The van der Waals surface area contributed by atoms with Crippen molar-refractivity contribution in [2.24, 2.45) is 0 Å². The number of halogens is 1. The van der Waals surface area contributed by atoms with Crippen molar-refractivity contribution in [1.29, 1.82) is 0 Å². The minimum atomic E-state index is -0.494. The van der Waals surface area contributed by atoms with Crippen molar-refractivity contribution >= 4 is 38.9 Å². The molecule has 0 atom stereocenters. The van der Waals surface area contributed by atoms with Gasteiger partial charge in [0.25, 0.3) is 11.6 Å². The molecule has 7 heteroatoms. The lowest BCUT2D eigenvalue weighted by atomic mass is 10.1. The lowest BCUT2D eigenvalue weighted by molar-refractivity contribution is -0.384. The third kappa shape index (κ3) is 3.68. The number of non-ortho nitro benzene ring substituents is 1. The van der Waals surface area contributed by atoms with E-state index in [2.05, 4.69) is 15.9 Å². The molecule has 0 bridgehead atoms. The van der Waals surface area contributed by atoms with Crippen LogP contribution in [0.3, 0.4) is 0 Å². The van der Waals surface area contributed by atoms with E-state index >= 15 is 0 Å². The van der Waals surface area contributed by atoms with Gasteiger partial charge in [-0.3, -0.25) is 14.9 Å². The van der Waals surface area contributed by atoms with Crippen molar-refractivity contribution in [3.63, 3.8) is 0 Å². The highest BCUT2D eigenvalue weighted by molar-refractivity contribution is 9.11. The van der Waals surface area contributed by atoms with Gasteiger partial charge in [0.15, 0.2) is 0 Å². The minimum absolute atomic E-state index is 0.0735. The lowest BCUT2D eigenvalue weighted by Crippen LogP contribution is -2.26. The average Bonchev–Trinajstić information content (AvgIpc) is 2.83. The largest absolute Gasteiger partial charge is 0.337 e. The van der Waals surface area contributed by atoms with Crippen LogP contribution < -0.4 is 0 Å². The third-order valence-corrected chi connectivity index (χ3v) is 4.60. The molecule has 0 spiro atoms. The summed E-state index contributed by atoms with van der Waals surface area (Å²) in [4.78, 5) is 24.3. The Hall–Kier alpha value is -1.73. The summed E-state index contributed by atoms with van der Waals surface area (Å²) in [5, 5.41) is 12.8. The number of carbonyl (C=O) groups is 1. The fourth-order valence-corrected chi connectivity index (χ4v) is 3.13. The van der Waals surface area contributed by atoms with Gasteiger partial charge in [0.2, 0.25) is 0 Å². The Morgan fingerprint density at radius 2 is 2.14 bits per heavy atom. The Bertz CT molecular complexity index is 699. The van der Waals surface area contributed by atoms with E-state index in [9.17, 15) is 14.9 Å². The van der Waals surface area contributed by atoms with Gasteiger partial charge in [-0.05, 0) is 45.4 Å². The topological polar surface area (TPSA) is 63.5 Å². The monoisotopic (exact) mass is 368 g/mol. The number of aryl methyl sites for hydroxylation is 1. The van der Waals surface area contributed by atoms with E-state index in [0.717, 1.165) is 14.9 Å². The lowest BCUT2D eigenvalue weighted by Gasteiger charge is -2.17. The molecule has 21 heavy (non-hydrogen) atoms. The van der Waals surface area contributed by atoms with Crippen molar-refractivity contribution in [3.05, 3.63) is 60.2 Å². The van der Waals surface area contributed by atoms with E-state index in [0.29, 0.717) is 12.1 Å². The van der Waals surface area contributed by atoms with Crippen LogP contribution in [0.25, 0.3) is 0 Å². The van der Waals surface area contributed by atoms with Crippen LogP contribution in [-0.4, -0.2) is 22.8 Å². The molecular formula is C14H13BrN2O3S. The van der Waals surface area contributed by atoms with Crippen molar-refractivity contribution in [3.8, 4) is 0 Å². The number of hydrogen-bond acceptors (Lipinski definition) is 4. The van der Waals surface area contributed by atoms with Gasteiger partial charge in [-0.15, -0.1) is 11.3 Å². The normalized spacial score (nSPS) is 10.4. The first kappa shape index (κ1) is 15.7. The van der Waals surface area contributed by atoms with Gasteiger partial charge >= 0.3 is 0 Å². The number of nitro benzene ring substituents is 1. The third-order valence-electron chi connectivity index (χ3n) is 3.05. The van der Waals surface area contributed by atoms with E-state index in [1.54, 1.807) is 36.3 Å². The molecule has 0 aliphatic carbocycles. The van der Waals surface area contributed by atoms with Gasteiger partial charge in [-0.1, -0.05) is 6.07 Å². The van der Waals surface area contributed by atoms with Crippen LogP contribution in [0.2, 0.25) is 0 Å². The summed E-state index contributed by atoms with van der Waals surface area (Å²) in [6.45, 7) is 2.23. The summed E-state index contributed by atoms with van der Waals surface area (Å²) in [7, 11) is 1.69. The number of nitro groups is 1. The van der Waals surface area contributed by atoms with Crippen LogP contribution >= 0.6 is 27.3 Å². The van der Waals surface area contributed by atoms with Gasteiger partial charge in [0, 0.05) is 31.3 Å². The molecule has 1 amide bonds. The first-order valence-corrected chi connectivity index (χ1v) is 7.79. The molecule has 0 N–H and O–H groups in total. The summed E-state index contributed by atoms with van der Waals surface area (Å²) in [5.41, 5.74) is 2.03. The molecule has 2 aromatic rings. The molecular weight excluding hydrogens is 356 g/mol. The first-order valence-electron chi connectivity index (χ1n) is 6.12. The zero-order valence-corrected chi connectivity index (χ0v) is 13.9. The standard InChI is InChI=1S/C14H13BrN2O3S/c1-9-3-4-11(17(19)20)6-12(9)14(18)16(2)7-10-5-13(15)21-8-10/h3-6,8H,7H2,1-2H3. The molecule has 0 fully saturated rings. The summed E-state index contributed by atoms with van der Waals surface area (Å²) < 4.78 is 1.00. The number of benzene rings is 1. The second-order valence-electron chi connectivity index (χ2n) is 4.68. The van der Waals surface area contributed by atoms with Crippen molar-refractivity contribution < 1.29 is 9.72 Å². The summed E-state index contributed by atoms with van der Waals surface area (Å²) >= 11 is 4.93. The molecule has 0 saturated carbocycles. The van der Waals surface area contributed by atoms with Crippen molar-refractivity contribution in [2.45, 2.75) is 13.5 Å². The van der Waals surface area contributed by atoms with Crippen LogP contribution in [0.4, 0.5) is 5.69 Å². The summed E-state index contributed by atoms with van der Waals surface area (Å²) in [6.07, 6.45) is 0. The minimum Gasteiger partial charge on any atom is -0.337 e. The van der Waals surface area contributed by atoms with Crippen LogP contribution in [0.15, 0.2) is 33.4 Å². The summed E-state index contributed by atoms with van der Waals surface area (Å²) in [6, 6.07) is 6.29. The van der Waals surface area contributed by atoms with Gasteiger partial charge < -0.3 is 4.90 Å². The zero-order chi connectivity index (χ0) is 15.6. The molecule has 110 valence electrons. The van der Waals surface area contributed by atoms with E-state index < -0.39 is 4.92 Å². The van der Waals surface area contributed by atoms with E-state index in [-0.39, 0.29) is 11.6 Å². The van der Waals surface area contributed by atoms with E-state index in [1.165, 1.54) is 12.1 Å². The Kier molecular flexibility index (Phi) is 4.74. The number of nitrogens with zero attached hydrogens (tertiary/aromatic N) is 2. The van der Waals surface area contributed by atoms with Crippen molar-refractivity contribution in [1.82, 2.24) is 4.90 Å². The van der Waals surface area contributed by atoms with Gasteiger partial charge in [-0.2, -0.15) is 0 Å². The number of thiophene rings is 1. The van der Waals surface area contributed by atoms with Gasteiger partial charge in [0.1, 0.15) is 0 Å². The van der Waals surface area contributed by atoms with E-state index in [4.69, 9.17) is 0 Å². The Morgan fingerprint density at radius 3 is 2.71 bits per heavy atom. The number of amides is 1. The molecule has 2 rings (SSSR count). The highest BCUT2D eigenvalue weighted by Gasteiger charge is 2.18. The van der Waals surface area contributed by atoms with Crippen LogP contribution in [-0.2, 0) is 6.54 Å². The second-order valence-corrected chi connectivity index (χ2v) is 6.97. The molecule has 0 saturated heterocycles. The number of carbonyl (C=O) groups excluding carboxylic acids is 1. The maximum Gasteiger partial charge on any atom is 0.270 e. The molecule has 1 aromatic heterocycles. The predicted molar refractivity (Wildman–Crippen MR) is 85.6 cm³/mol. The number of hydrogen-bond donors (Lipinski definition) is 0. The molecule has 1 heterocycles.